The van der Waals surface area contributed by atoms with E-state index in [1.807, 2.05) is 4.90 Å². The number of aliphatic hydroxyl groups is 2. The highest BCUT2D eigenvalue weighted by atomic mass is 16.5. The third-order valence-electron chi connectivity index (χ3n) is 10.1. The van der Waals surface area contributed by atoms with Gasteiger partial charge in [0.2, 0.25) is 11.8 Å². The Kier molecular flexibility index (Phi) is 50.0. The molecule has 1 aliphatic heterocycles. The van der Waals surface area contributed by atoms with Crippen LogP contribution in [0, 0.1) is 5.92 Å². The summed E-state index contributed by atoms with van der Waals surface area (Å²) in [6.07, 6.45) is 33.3. The lowest BCUT2D eigenvalue weighted by atomic mass is 10.1. The fourth-order valence-corrected chi connectivity index (χ4v) is 6.40. The summed E-state index contributed by atoms with van der Waals surface area (Å²) < 4.78 is 10.1. The summed E-state index contributed by atoms with van der Waals surface area (Å²) >= 11 is 0. The SMILES string of the molecule is CC(C)CCO.CCCCCCCCCCCCCC(=O)N1CCC(OC(=O)CCC(=O)NCCCC)C1.CCCCCCCCCCCCCC(=O)OC.CO. The number of esters is 2. The van der Waals surface area contributed by atoms with E-state index in [9.17, 15) is 19.2 Å². The fourth-order valence-electron chi connectivity index (χ4n) is 6.40. The number of rotatable bonds is 33. The van der Waals surface area contributed by atoms with Crippen LogP contribution in [0.15, 0.2) is 0 Å². The van der Waals surface area contributed by atoms with Crippen molar-refractivity contribution in [3.63, 3.8) is 0 Å². The number of likely N-dealkylation sites (tertiary alicyclic amines) is 1. The number of methoxy groups -OCH3 is 1. The number of ether oxygens (including phenoxy) is 2. The molecule has 0 aromatic heterocycles. The van der Waals surface area contributed by atoms with Gasteiger partial charge in [-0.1, -0.05) is 169 Å². The van der Waals surface area contributed by atoms with Crippen molar-refractivity contribution in [2.75, 3.05) is 40.5 Å². The van der Waals surface area contributed by atoms with Gasteiger partial charge in [-0.15, -0.1) is 0 Å². The van der Waals surface area contributed by atoms with Crippen LogP contribution in [-0.2, 0) is 28.7 Å². The molecule has 0 aromatic carbocycles. The molecule has 1 fully saturated rings. The van der Waals surface area contributed by atoms with Crippen molar-refractivity contribution < 1.29 is 38.9 Å². The van der Waals surface area contributed by atoms with E-state index in [0.29, 0.717) is 51.4 Å². The summed E-state index contributed by atoms with van der Waals surface area (Å²) in [5.74, 6) is 0.302. The van der Waals surface area contributed by atoms with Gasteiger partial charge in [-0.05, 0) is 31.6 Å². The van der Waals surface area contributed by atoms with Crippen LogP contribution in [0.2, 0.25) is 0 Å². The van der Waals surface area contributed by atoms with Crippen molar-refractivity contribution in [3.8, 4) is 0 Å². The minimum Gasteiger partial charge on any atom is -0.469 e. The first-order chi connectivity index (χ1) is 27.6. The van der Waals surface area contributed by atoms with Crippen LogP contribution in [0.1, 0.15) is 227 Å². The largest absolute Gasteiger partial charge is 0.469 e. The first-order valence-electron chi connectivity index (χ1n) is 23.5. The molecule has 0 bridgehead atoms. The molecule has 0 aromatic rings. The zero-order valence-corrected chi connectivity index (χ0v) is 38.5. The Morgan fingerprint density at radius 2 is 1.05 bits per heavy atom. The molecular weight excluding hydrogens is 721 g/mol. The van der Waals surface area contributed by atoms with Crippen LogP contribution in [-0.4, -0.2) is 85.4 Å². The summed E-state index contributed by atoms with van der Waals surface area (Å²) in [4.78, 5) is 48.7. The summed E-state index contributed by atoms with van der Waals surface area (Å²) in [6, 6.07) is 0. The molecule has 1 unspecified atom stereocenters. The molecule has 1 atom stereocenters. The number of hydrogen-bond donors (Lipinski definition) is 3. The highest BCUT2D eigenvalue weighted by Crippen LogP contribution is 2.17. The lowest BCUT2D eigenvalue weighted by molar-refractivity contribution is -0.150. The maximum Gasteiger partial charge on any atom is 0.306 e. The third-order valence-corrected chi connectivity index (χ3v) is 10.1. The van der Waals surface area contributed by atoms with E-state index in [0.717, 1.165) is 45.6 Å². The summed E-state index contributed by atoms with van der Waals surface area (Å²) in [7, 11) is 2.46. The number of carbonyl (C=O) groups is 4. The second-order valence-corrected chi connectivity index (χ2v) is 16.0. The predicted octanol–water partition coefficient (Wildman–Crippen LogP) is 11.0. The number of unbranched alkanes of at least 4 members (excludes halogenated alkanes) is 21. The van der Waals surface area contributed by atoms with Crippen molar-refractivity contribution in [2.24, 2.45) is 5.92 Å². The van der Waals surface area contributed by atoms with Crippen LogP contribution in [0.3, 0.4) is 0 Å². The molecule has 10 nitrogen and oxygen atoms in total. The van der Waals surface area contributed by atoms with Crippen LogP contribution in [0.25, 0.3) is 0 Å². The second kappa shape index (κ2) is 48.2. The van der Waals surface area contributed by atoms with Gasteiger partial charge >= 0.3 is 11.9 Å². The van der Waals surface area contributed by atoms with Gasteiger partial charge < -0.3 is 29.9 Å². The van der Waals surface area contributed by atoms with Crippen molar-refractivity contribution in [1.29, 1.82) is 0 Å². The Balaban J connectivity index is -0.000000970. The van der Waals surface area contributed by atoms with E-state index in [-0.39, 0.29) is 42.7 Å². The van der Waals surface area contributed by atoms with E-state index < -0.39 is 0 Å². The summed E-state index contributed by atoms with van der Waals surface area (Å²) in [6.45, 7) is 12.9. The molecular formula is C47H94N2O8. The molecule has 0 saturated carbocycles. The van der Waals surface area contributed by atoms with Crippen LogP contribution < -0.4 is 5.32 Å². The van der Waals surface area contributed by atoms with Crippen molar-refractivity contribution in [2.45, 2.75) is 233 Å². The quantitative estimate of drug-likeness (QED) is 0.0439. The van der Waals surface area contributed by atoms with Gasteiger partial charge in [0.25, 0.3) is 0 Å². The van der Waals surface area contributed by atoms with Crippen molar-refractivity contribution in [1.82, 2.24) is 10.2 Å². The maximum atomic E-state index is 12.4. The van der Waals surface area contributed by atoms with Gasteiger partial charge in [0.1, 0.15) is 6.10 Å². The Hall–Kier alpha value is -2.20. The standard InChI is InChI=1S/C26H48N2O4.C15H30O2.C5H12O.CH4O/c1-3-5-7-8-9-10-11-12-13-14-15-16-25(30)28-21-19-23(22-28)32-26(31)18-17-24(29)27-20-6-4-2;1-3-4-5-6-7-8-9-10-11-12-13-14-15(16)17-2;1-5(2)3-4-6;1-2/h23H,3-22H2,1-2H3,(H,27,29);3-14H2,1-2H3;5-6H,3-4H2,1-2H3;2H,1H3. The van der Waals surface area contributed by atoms with Gasteiger partial charge in [0.05, 0.1) is 20.1 Å². The van der Waals surface area contributed by atoms with E-state index >= 15 is 0 Å². The highest BCUT2D eigenvalue weighted by molar-refractivity contribution is 5.81. The Morgan fingerprint density at radius 1 is 0.614 bits per heavy atom. The average molecular weight is 815 g/mol. The van der Waals surface area contributed by atoms with Gasteiger partial charge in [-0.25, -0.2) is 0 Å². The molecule has 0 spiro atoms. The Morgan fingerprint density at radius 3 is 1.46 bits per heavy atom. The third kappa shape index (κ3) is 46.4. The highest BCUT2D eigenvalue weighted by Gasteiger charge is 2.28. The van der Waals surface area contributed by atoms with Gasteiger partial charge in [0, 0.05) is 52.5 Å². The Bertz CT molecular complexity index is 886. The molecule has 0 radical (unpaired) electrons. The van der Waals surface area contributed by atoms with Gasteiger partial charge in [-0.2, -0.15) is 0 Å². The molecule has 3 N–H and O–H groups in total. The van der Waals surface area contributed by atoms with Crippen molar-refractivity contribution >= 4 is 23.8 Å². The molecule has 57 heavy (non-hydrogen) atoms. The minimum absolute atomic E-state index is 0.0686. The first-order valence-corrected chi connectivity index (χ1v) is 23.5. The Labute approximate surface area is 351 Å². The summed E-state index contributed by atoms with van der Waals surface area (Å²) in [5.41, 5.74) is 0. The van der Waals surface area contributed by atoms with Crippen LogP contribution in [0.5, 0.6) is 0 Å². The lowest BCUT2D eigenvalue weighted by Gasteiger charge is -2.16. The fraction of sp³-hybridized carbons (Fsp3) is 0.915. The molecule has 340 valence electrons. The molecule has 1 rings (SSSR count). The summed E-state index contributed by atoms with van der Waals surface area (Å²) in [5, 5.41) is 18.0. The number of nitrogens with zero attached hydrogens (tertiary/aromatic N) is 1. The molecule has 1 heterocycles. The van der Waals surface area contributed by atoms with E-state index in [1.165, 1.54) is 129 Å². The number of hydrogen-bond acceptors (Lipinski definition) is 8. The monoisotopic (exact) mass is 815 g/mol. The van der Waals surface area contributed by atoms with E-state index in [2.05, 4.69) is 44.7 Å². The topological polar surface area (TPSA) is 142 Å². The molecule has 1 saturated heterocycles. The number of carbonyl (C=O) groups excluding carboxylic acids is 4. The van der Waals surface area contributed by atoms with Crippen LogP contribution in [0.4, 0.5) is 0 Å². The number of aliphatic hydroxyl groups excluding tert-OH is 2. The average Bonchev–Trinajstić information content (AvgIpc) is 3.68. The van der Waals surface area contributed by atoms with Gasteiger partial charge in [-0.3, -0.25) is 19.2 Å². The smallest absolute Gasteiger partial charge is 0.306 e. The van der Waals surface area contributed by atoms with E-state index in [1.54, 1.807) is 0 Å². The number of nitrogens with one attached hydrogen (secondary N) is 1. The molecule has 1 aliphatic rings. The van der Waals surface area contributed by atoms with E-state index in [4.69, 9.17) is 14.9 Å². The maximum absolute atomic E-state index is 12.4. The van der Waals surface area contributed by atoms with Crippen LogP contribution >= 0.6 is 0 Å². The zero-order chi connectivity index (χ0) is 43.2. The minimum atomic E-state index is -0.347. The molecule has 2 amide bonds. The zero-order valence-electron chi connectivity index (χ0n) is 38.5. The second-order valence-electron chi connectivity index (χ2n) is 16.0. The van der Waals surface area contributed by atoms with Crippen molar-refractivity contribution in [3.05, 3.63) is 0 Å². The number of amides is 2. The lowest BCUT2D eigenvalue weighted by Crippen LogP contribution is -2.31. The molecule has 0 aliphatic carbocycles. The van der Waals surface area contributed by atoms with Gasteiger partial charge in [0.15, 0.2) is 0 Å². The molecule has 10 heteroatoms. The predicted molar refractivity (Wildman–Crippen MR) is 237 cm³/mol. The first kappa shape index (κ1) is 59.1. The normalized spacial score (nSPS) is 13.1.